The van der Waals surface area contributed by atoms with E-state index in [9.17, 15) is 0 Å². The molecular weight excluding hydrogens is 1100 g/mol. The summed E-state index contributed by atoms with van der Waals surface area (Å²) in [7, 11) is 0. The maximum Gasteiger partial charge on any atom is 0.252 e. The number of thiophene rings is 2. The molecule has 0 spiro atoms. The van der Waals surface area contributed by atoms with Gasteiger partial charge in [0.05, 0.1) is 26.3 Å². The van der Waals surface area contributed by atoms with Gasteiger partial charge in [-0.05, 0) is 171 Å². The molecule has 1 saturated carbocycles. The summed E-state index contributed by atoms with van der Waals surface area (Å²) < 4.78 is 5.30. The molecule has 3 aliphatic heterocycles. The van der Waals surface area contributed by atoms with Crippen molar-refractivity contribution >= 4 is 132 Å². The smallest absolute Gasteiger partial charge is 0.252 e. The van der Waals surface area contributed by atoms with Crippen molar-refractivity contribution in [2.75, 3.05) is 14.7 Å². The number of hydrogen-bond donors (Lipinski definition) is 0. The number of anilines is 8. The van der Waals surface area contributed by atoms with Crippen molar-refractivity contribution in [3.63, 3.8) is 0 Å². The lowest BCUT2D eigenvalue weighted by atomic mass is 9.32. The van der Waals surface area contributed by atoms with E-state index in [1.165, 1.54) is 165 Å². The molecule has 0 N–H and O–H groups in total. The molecule has 3 nitrogen and oxygen atoms in total. The van der Waals surface area contributed by atoms with Gasteiger partial charge in [0.25, 0.3) is 6.71 Å². The Bertz CT molecular complexity index is 5020. The van der Waals surface area contributed by atoms with E-state index in [2.05, 4.69) is 278 Å². The minimum Gasteiger partial charge on any atom is -0.334 e. The SMILES string of the molecule is CC1(C)CCC(C)(C)c2cc3c(cc21)B1c2cc4c(cc2N(c2cccc5c2sc2ccccc25)c2cc(N5c6ccc(-c7ccccc7)cc6C6(C)CCCCC56C)cc(c21)N3c1cccc2c1sc1ccccc12)C(C)(C)c1ccccc1C4(C)C. The number of rotatable bonds is 4. The highest BCUT2D eigenvalue weighted by Gasteiger charge is 2.59. The average Bonchev–Trinajstić information content (AvgIpc) is 0.927. The molecule has 6 heteroatoms. The highest BCUT2D eigenvalue weighted by atomic mass is 32.1. The number of nitrogens with zero attached hydrogens (tertiary/aromatic N) is 3. The van der Waals surface area contributed by atoms with Crippen LogP contribution in [0.4, 0.5) is 45.5 Å². The molecule has 432 valence electrons. The summed E-state index contributed by atoms with van der Waals surface area (Å²) in [5, 5.41) is 5.28. The van der Waals surface area contributed by atoms with Crippen LogP contribution in [0.3, 0.4) is 0 Å². The lowest BCUT2D eigenvalue weighted by molar-refractivity contribution is 0.195. The van der Waals surface area contributed by atoms with E-state index in [4.69, 9.17) is 0 Å². The van der Waals surface area contributed by atoms with Gasteiger partial charge < -0.3 is 14.7 Å². The van der Waals surface area contributed by atoms with Crippen LogP contribution in [0.5, 0.6) is 0 Å². The van der Waals surface area contributed by atoms with Crippen LogP contribution in [0.25, 0.3) is 51.5 Å². The van der Waals surface area contributed by atoms with Crippen molar-refractivity contribution in [2.45, 2.75) is 140 Å². The minimum atomic E-state index is -0.268. The Hall–Kier alpha value is -7.90. The molecule has 0 radical (unpaired) electrons. The molecule has 6 aliphatic rings. The van der Waals surface area contributed by atoms with Gasteiger partial charge in [0.15, 0.2) is 0 Å². The van der Waals surface area contributed by atoms with Crippen LogP contribution in [0, 0.1) is 0 Å². The molecule has 2 aromatic heterocycles. The molecule has 0 amide bonds. The van der Waals surface area contributed by atoms with Gasteiger partial charge >= 0.3 is 0 Å². The summed E-state index contributed by atoms with van der Waals surface area (Å²) in [5.74, 6) is 0. The van der Waals surface area contributed by atoms with Gasteiger partial charge in [-0.2, -0.15) is 0 Å². The van der Waals surface area contributed by atoms with Crippen molar-refractivity contribution in [3.05, 3.63) is 233 Å². The number of fused-ring (bicyclic) bond motifs is 16. The molecule has 1 fully saturated rings. The maximum atomic E-state index is 2.87. The van der Waals surface area contributed by atoms with Crippen LogP contribution in [0.15, 0.2) is 194 Å². The molecule has 2 atom stereocenters. The van der Waals surface area contributed by atoms with Crippen LogP contribution in [0.1, 0.15) is 147 Å². The fourth-order valence-electron chi connectivity index (χ4n) is 18.4. The second kappa shape index (κ2) is 17.9. The van der Waals surface area contributed by atoms with E-state index >= 15 is 0 Å². The minimum absolute atomic E-state index is 0.0132. The second-order valence-electron chi connectivity index (χ2n) is 29.7. The lowest BCUT2D eigenvalue weighted by Gasteiger charge is -2.51. The quantitative estimate of drug-likeness (QED) is 0.163. The monoisotopic (exact) mass is 1180 g/mol. The van der Waals surface area contributed by atoms with Gasteiger partial charge in [0.2, 0.25) is 0 Å². The average molecular weight is 1180 g/mol. The molecule has 3 aliphatic carbocycles. The molecule has 0 saturated heterocycles. The summed E-state index contributed by atoms with van der Waals surface area (Å²) in [6.07, 6.45) is 6.95. The number of hydrogen-bond acceptors (Lipinski definition) is 5. The topological polar surface area (TPSA) is 9.72 Å². The third-order valence-electron chi connectivity index (χ3n) is 23.5. The Morgan fingerprint density at radius 3 is 1.43 bits per heavy atom. The summed E-state index contributed by atoms with van der Waals surface area (Å²) in [4.78, 5) is 8.46. The van der Waals surface area contributed by atoms with E-state index in [1.54, 1.807) is 0 Å². The Kier molecular flexibility index (Phi) is 10.8. The van der Waals surface area contributed by atoms with E-state index in [-0.39, 0.29) is 39.3 Å². The Balaban J connectivity index is 1.02. The predicted molar refractivity (Wildman–Crippen MR) is 380 cm³/mol. The summed E-state index contributed by atoms with van der Waals surface area (Å²) >= 11 is 3.91. The molecule has 88 heavy (non-hydrogen) atoms. The van der Waals surface area contributed by atoms with Crippen LogP contribution in [-0.4, -0.2) is 12.3 Å². The van der Waals surface area contributed by atoms with Gasteiger partial charge in [-0.1, -0.05) is 209 Å². The van der Waals surface area contributed by atoms with Crippen molar-refractivity contribution in [2.24, 2.45) is 0 Å². The number of benzene rings is 10. The zero-order valence-electron chi connectivity index (χ0n) is 52.5. The molecule has 10 aromatic carbocycles. The standard InChI is InChI=1S/C82H74BN3S2/c1-77(2)40-41-78(3,4)59-47-68-63(45-58(59)77)83-64-46-60-61(80(7,8)57-31-17-16-30-56(57)79(60,5)6)48-69(64)85(67-33-23-29-55-53-27-15-19-35-73(53)88-76(55)67)71-44-51(43-70(74(71)83)84(68)66-32-22-28-54-52-26-14-18-34-72(52)87-75(54)66)86-65-37-36-50(49-24-12-11-13-25-49)42-62(65)81(9)38-20-21-39-82(81,86)10/h11-19,22-37,42-48H,20-21,38-41H2,1-10H3. The molecule has 12 aromatic rings. The van der Waals surface area contributed by atoms with Crippen molar-refractivity contribution in [1.82, 2.24) is 0 Å². The van der Waals surface area contributed by atoms with Crippen molar-refractivity contribution in [1.29, 1.82) is 0 Å². The van der Waals surface area contributed by atoms with Crippen LogP contribution < -0.4 is 31.1 Å². The second-order valence-corrected chi connectivity index (χ2v) is 31.8. The molecular formula is C82H74BN3S2. The third-order valence-corrected chi connectivity index (χ3v) is 25.9. The molecule has 18 rings (SSSR count). The van der Waals surface area contributed by atoms with Crippen molar-refractivity contribution in [3.8, 4) is 11.1 Å². The summed E-state index contributed by atoms with van der Waals surface area (Å²) in [6.45, 7) is 25.2. The van der Waals surface area contributed by atoms with E-state index in [0.717, 1.165) is 25.7 Å². The highest BCUT2D eigenvalue weighted by molar-refractivity contribution is 7.27. The molecule has 2 unspecified atom stereocenters. The predicted octanol–water partition coefficient (Wildman–Crippen LogP) is 21.2. The zero-order valence-corrected chi connectivity index (χ0v) is 54.1. The fraction of sp³-hybridized carbons (Fsp3) is 0.268. The first kappa shape index (κ1) is 53.2. The lowest BCUT2D eigenvalue weighted by Crippen LogP contribution is -2.62. The molecule has 5 heterocycles. The van der Waals surface area contributed by atoms with Crippen LogP contribution in [-0.2, 0) is 27.1 Å². The summed E-state index contributed by atoms with van der Waals surface area (Å²) in [6, 6.07) is 76.8. The molecule has 0 bridgehead atoms. The largest absolute Gasteiger partial charge is 0.334 e. The first-order chi connectivity index (χ1) is 42.4. The maximum absolute atomic E-state index is 2.87. The van der Waals surface area contributed by atoms with Gasteiger partial charge in [-0.25, -0.2) is 0 Å². The fourth-order valence-corrected chi connectivity index (χ4v) is 20.8. The third kappa shape index (κ3) is 6.92. The van der Waals surface area contributed by atoms with Gasteiger partial charge in [-0.15, -0.1) is 22.7 Å². The first-order valence-corrected chi connectivity index (χ1v) is 34.1. The van der Waals surface area contributed by atoms with Crippen LogP contribution in [0.2, 0.25) is 0 Å². The van der Waals surface area contributed by atoms with Gasteiger partial charge in [-0.3, -0.25) is 0 Å². The van der Waals surface area contributed by atoms with E-state index < -0.39 is 0 Å². The van der Waals surface area contributed by atoms with Crippen LogP contribution >= 0.6 is 22.7 Å². The Labute approximate surface area is 527 Å². The van der Waals surface area contributed by atoms with E-state index in [0.29, 0.717) is 0 Å². The normalized spacial score (nSPS) is 21.2. The Morgan fingerprint density at radius 1 is 0.352 bits per heavy atom. The highest BCUT2D eigenvalue weighted by Crippen LogP contribution is 2.64. The van der Waals surface area contributed by atoms with Gasteiger partial charge in [0.1, 0.15) is 0 Å². The van der Waals surface area contributed by atoms with E-state index in [1.807, 2.05) is 22.7 Å². The zero-order chi connectivity index (χ0) is 59.8. The summed E-state index contributed by atoms with van der Waals surface area (Å²) in [5.41, 5.74) is 26.3. The van der Waals surface area contributed by atoms with Crippen molar-refractivity contribution < 1.29 is 0 Å². The van der Waals surface area contributed by atoms with Gasteiger partial charge in [0, 0.05) is 81.3 Å². The first-order valence-electron chi connectivity index (χ1n) is 32.4. The Morgan fingerprint density at radius 2 is 0.841 bits per heavy atom.